The van der Waals surface area contributed by atoms with E-state index in [4.69, 9.17) is 17.3 Å². The van der Waals surface area contributed by atoms with E-state index in [9.17, 15) is 0 Å². The van der Waals surface area contributed by atoms with Crippen LogP contribution in [0.15, 0.2) is 24.3 Å². The second-order valence-corrected chi connectivity index (χ2v) is 6.05. The van der Waals surface area contributed by atoms with Crippen LogP contribution in [-0.4, -0.2) is 24.0 Å². The molecule has 1 aliphatic carbocycles. The van der Waals surface area contributed by atoms with Gasteiger partial charge in [0, 0.05) is 23.1 Å². The van der Waals surface area contributed by atoms with Crippen LogP contribution in [0.5, 0.6) is 0 Å². The average molecular weight is 267 g/mol. The zero-order valence-electron chi connectivity index (χ0n) is 11.3. The third kappa shape index (κ3) is 3.05. The molecule has 0 aromatic heterocycles. The molecule has 1 aromatic carbocycles. The van der Waals surface area contributed by atoms with E-state index in [1.807, 2.05) is 18.2 Å². The largest absolute Gasteiger partial charge is 0.325 e. The average Bonchev–Trinajstić information content (AvgIpc) is 2.33. The number of nitrogens with zero attached hydrogens (tertiary/aromatic N) is 1. The summed E-state index contributed by atoms with van der Waals surface area (Å²) in [6.45, 7) is 3.23. The van der Waals surface area contributed by atoms with Gasteiger partial charge in [0.2, 0.25) is 0 Å². The van der Waals surface area contributed by atoms with Gasteiger partial charge in [-0.05, 0) is 51.3 Å². The van der Waals surface area contributed by atoms with E-state index >= 15 is 0 Å². The molecular weight excluding hydrogens is 244 g/mol. The summed E-state index contributed by atoms with van der Waals surface area (Å²) in [7, 11) is 2.15. The minimum atomic E-state index is 0.106. The zero-order chi connectivity index (χ0) is 13.2. The lowest BCUT2D eigenvalue weighted by Crippen LogP contribution is -2.48. The Morgan fingerprint density at radius 2 is 2.06 bits per heavy atom. The highest BCUT2D eigenvalue weighted by atomic mass is 35.5. The first-order valence-corrected chi connectivity index (χ1v) is 7.13. The molecule has 2 N–H and O–H groups in total. The molecule has 100 valence electrons. The predicted molar refractivity (Wildman–Crippen MR) is 77.9 cm³/mol. The summed E-state index contributed by atoms with van der Waals surface area (Å²) in [6.07, 6.45) is 4.74. The molecule has 1 atom stereocenters. The lowest BCUT2D eigenvalue weighted by molar-refractivity contribution is 0.176. The maximum absolute atomic E-state index is 6.27. The first-order chi connectivity index (χ1) is 8.52. The van der Waals surface area contributed by atoms with Crippen LogP contribution < -0.4 is 5.73 Å². The zero-order valence-corrected chi connectivity index (χ0v) is 12.1. The minimum Gasteiger partial charge on any atom is -0.325 e. The van der Waals surface area contributed by atoms with Gasteiger partial charge in [-0.2, -0.15) is 0 Å². The number of nitrogens with two attached hydrogens (primary N) is 1. The van der Waals surface area contributed by atoms with Crippen molar-refractivity contribution in [1.82, 2.24) is 4.90 Å². The van der Waals surface area contributed by atoms with Crippen molar-refractivity contribution in [2.45, 2.75) is 44.2 Å². The molecule has 0 amide bonds. The first kappa shape index (κ1) is 13.9. The fraction of sp³-hybridized carbons (Fsp3) is 0.600. The lowest BCUT2D eigenvalue weighted by atomic mass is 9.75. The van der Waals surface area contributed by atoms with Gasteiger partial charge in [0.05, 0.1) is 0 Å². The standard InChI is InChI=1S/C15H23ClN2/c1-12(13-6-3-4-7-14(13)16)18(2)11-10-15(17)8-5-9-15/h3-4,6-7,12H,5,8-11,17H2,1-2H3. The van der Waals surface area contributed by atoms with Crippen molar-refractivity contribution in [2.75, 3.05) is 13.6 Å². The highest BCUT2D eigenvalue weighted by molar-refractivity contribution is 6.31. The molecule has 1 fully saturated rings. The summed E-state index contributed by atoms with van der Waals surface area (Å²) in [4.78, 5) is 2.34. The van der Waals surface area contributed by atoms with E-state index in [2.05, 4.69) is 24.9 Å². The molecule has 1 aliphatic rings. The van der Waals surface area contributed by atoms with Crippen LogP contribution in [0.3, 0.4) is 0 Å². The molecule has 0 radical (unpaired) electrons. The molecule has 0 aliphatic heterocycles. The van der Waals surface area contributed by atoms with Crippen LogP contribution in [0.4, 0.5) is 0 Å². The maximum Gasteiger partial charge on any atom is 0.0453 e. The van der Waals surface area contributed by atoms with Gasteiger partial charge in [-0.3, -0.25) is 4.90 Å². The van der Waals surface area contributed by atoms with Gasteiger partial charge in [0.15, 0.2) is 0 Å². The van der Waals surface area contributed by atoms with E-state index in [1.165, 1.54) is 24.8 Å². The first-order valence-electron chi connectivity index (χ1n) is 6.75. The van der Waals surface area contributed by atoms with E-state index < -0.39 is 0 Å². The molecule has 18 heavy (non-hydrogen) atoms. The normalized spacial score (nSPS) is 19.6. The Morgan fingerprint density at radius 3 is 2.61 bits per heavy atom. The maximum atomic E-state index is 6.27. The molecular formula is C15H23ClN2. The quantitative estimate of drug-likeness (QED) is 0.882. The van der Waals surface area contributed by atoms with Crippen molar-refractivity contribution in [3.63, 3.8) is 0 Å². The van der Waals surface area contributed by atoms with Crippen molar-refractivity contribution < 1.29 is 0 Å². The van der Waals surface area contributed by atoms with E-state index in [0.717, 1.165) is 18.0 Å². The van der Waals surface area contributed by atoms with Crippen molar-refractivity contribution >= 4 is 11.6 Å². The summed E-state index contributed by atoms with van der Waals surface area (Å²) in [5.74, 6) is 0. The summed E-state index contributed by atoms with van der Waals surface area (Å²) >= 11 is 6.24. The minimum absolute atomic E-state index is 0.106. The number of benzene rings is 1. The van der Waals surface area contributed by atoms with Crippen molar-refractivity contribution in [3.8, 4) is 0 Å². The molecule has 3 heteroatoms. The fourth-order valence-corrected chi connectivity index (χ4v) is 2.82. The second-order valence-electron chi connectivity index (χ2n) is 5.64. The topological polar surface area (TPSA) is 29.3 Å². The second kappa shape index (κ2) is 5.60. The summed E-state index contributed by atoms with van der Waals surface area (Å²) in [5.41, 5.74) is 7.57. The molecule has 0 bridgehead atoms. The highest BCUT2D eigenvalue weighted by Gasteiger charge is 2.32. The molecule has 2 nitrogen and oxygen atoms in total. The highest BCUT2D eigenvalue weighted by Crippen LogP contribution is 2.33. The summed E-state index contributed by atoms with van der Waals surface area (Å²) < 4.78 is 0. The molecule has 0 heterocycles. The Morgan fingerprint density at radius 1 is 1.39 bits per heavy atom. The van der Waals surface area contributed by atoms with E-state index in [-0.39, 0.29) is 5.54 Å². The smallest absolute Gasteiger partial charge is 0.0453 e. The summed E-state index contributed by atoms with van der Waals surface area (Å²) in [6, 6.07) is 8.41. The number of hydrogen-bond donors (Lipinski definition) is 1. The van der Waals surface area contributed by atoms with Crippen LogP contribution in [0.25, 0.3) is 0 Å². The predicted octanol–water partition coefficient (Wildman–Crippen LogP) is 3.60. The molecule has 1 unspecified atom stereocenters. The van der Waals surface area contributed by atoms with Crippen LogP contribution >= 0.6 is 11.6 Å². The molecule has 1 saturated carbocycles. The monoisotopic (exact) mass is 266 g/mol. The molecule has 0 saturated heterocycles. The van der Waals surface area contributed by atoms with Crippen molar-refractivity contribution in [1.29, 1.82) is 0 Å². The van der Waals surface area contributed by atoms with Crippen LogP contribution in [-0.2, 0) is 0 Å². The van der Waals surface area contributed by atoms with Crippen LogP contribution in [0.1, 0.15) is 44.2 Å². The Kier molecular flexibility index (Phi) is 4.31. The Labute approximate surface area is 115 Å². The SMILES string of the molecule is CC(c1ccccc1Cl)N(C)CCC1(N)CCC1. The third-order valence-electron chi connectivity index (χ3n) is 4.33. The van der Waals surface area contributed by atoms with Gasteiger partial charge in [0.1, 0.15) is 0 Å². The van der Waals surface area contributed by atoms with E-state index in [0.29, 0.717) is 6.04 Å². The Bertz CT molecular complexity index is 401. The Hall–Kier alpha value is -0.570. The van der Waals surface area contributed by atoms with Gasteiger partial charge in [-0.1, -0.05) is 29.8 Å². The van der Waals surface area contributed by atoms with Crippen LogP contribution in [0.2, 0.25) is 5.02 Å². The van der Waals surface area contributed by atoms with Gasteiger partial charge >= 0.3 is 0 Å². The Balaban J connectivity index is 1.92. The molecule has 0 spiro atoms. The lowest BCUT2D eigenvalue weighted by Gasteiger charge is -2.40. The van der Waals surface area contributed by atoms with Crippen molar-refractivity contribution in [3.05, 3.63) is 34.9 Å². The van der Waals surface area contributed by atoms with Crippen molar-refractivity contribution in [2.24, 2.45) is 5.73 Å². The van der Waals surface area contributed by atoms with Gasteiger partial charge < -0.3 is 5.73 Å². The fourth-order valence-electron chi connectivity index (χ4n) is 2.52. The van der Waals surface area contributed by atoms with E-state index in [1.54, 1.807) is 0 Å². The third-order valence-corrected chi connectivity index (χ3v) is 4.67. The number of rotatable bonds is 5. The summed E-state index contributed by atoms with van der Waals surface area (Å²) in [5, 5.41) is 0.850. The molecule has 1 aromatic rings. The van der Waals surface area contributed by atoms with Gasteiger partial charge in [-0.15, -0.1) is 0 Å². The molecule has 2 rings (SSSR count). The number of hydrogen-bond acceptors (Lipinski definition) is 2. The van der Waals surface area contributed by atoms with Gasteiger partial charge in [0.25, 0.3) is 0 Å². The number of halogens is 1. The van der Waals surface area contributed by atoms with Gasteiger partial charge in [-0.25, -0.2) is 0 Å². The van der Waals surface area contributed by atoms with Crippen LogP contribution in [0, 0.1) is 0 Å².